The number of non-ortho nitro benzene ring substituents is 1. The number of anilines is 1. The Bertz CT molecular complexity index is 559. The summed E-state index contributed by atoms with van der Waals surface area (Å²) in [4.78, 5) is 21.1. The molecule has 20 heavy (non-hydrogen) atoms. The number of aliphatic hydroxyl groups is 1. The Hall–Kier alpha value is -1.86. The molecule has 1 aromatic carbocycles. The van der Waals surface area contributed by atoms with E-state index < -0.39 is 17.0 Å². The van der Waals surface area contributed by atoms with E-state index in [0.717, 1.165) is 25.0 Å². The first-order valence-corrected chi connectivity index (χ1v) is 6.41. The molecule has 1 fully saturated rings. The maximum Gasteiger partial charge on any atom is 0.338 e. The Labute approximate surface area is 119 Å². The number of carboxylic acids is 1. The third-order valence-corrected chi connectivity index (χ3v) is 3.47. The molecule has 1 unspecified atom stereocenters. The highest BCUT2D eigenvalue weighted by molar-refractivity contribution is 6.34. The van der Waals surface area contributed by atoms with Gasteiger partial charge in [-0.2, -0.15) is 0 Å². The average molecular weight is 301 g/mol. The lowest BCUT2D eigenvalue weighted by molar-refractivity contribution is -0.384. The highest BCUT2D eigenvalue weighted by atomic mass is 35.5. The first-order valence-electron chi connectivity index (χ1n) is 6.03. The molecule has 1 saturated carbocycles. The lowest BCUT2D eigenvalue weighted by atomic mass is 10.1. The summed E-state index contributed by atoms with van der Waals surface area (Å²) in [7, 11) is 0. The van der Waals surface area contributed by atoms with Crippen molar-refractivity contribution in [1.82, 2.24) is 0 Å². The van der Waals surface area contributed by atoms with Crippen LogP contribution < -0.4 is 5.32 Å². The van der Waals surface area contributed by atoms with E-state index in [-0.39, 0.29) is 34.4 Å². The Kier molecular flexibility index (Phi) is 4.10. The van der Waals surface area contributed by atoms with Gasteiger partial charge in [-0.1, -0.05) is 11.6 Å². The minimum Gasteiger partial charge on any atom is -0.478 e. The van der Waals surface area contributed by atoms with Crippen molar-refractivity contribution in [2.24, 2.45) is 5.92 Å². The van der Waals surface area contributed by atoms with Crippen LogP contribution in [-0.4, -0.2) is 33.8 Å². The third-order valence-electron chi connectivity index (χ3n) is 3.17. The molecule has 0 saturated heterocycles. The van der Waals surface area contributed by atoms with Gasteiger partial charge in [-0.3, -0.25) is 10.1 Å². The van der Waals surface area contributed by atoms with Crippen LogP contribution >= 0.6 is 11.6 Å². The van der Waals surface area contributed by atoms with E-state index in [0.29, 0.717) is 0 Å². The maximum absolute atomic E-state index is 11.2. The SMILES string of the molecule is O=C(O)c1cc([N+](=O)[O-])cc(Cl)c1NCC(O)C1CC1. The Morgan fingerprint density at radius 3 is 2.70 bits per heavy atom. The van der Waals surface area contributed by atoms with Gasteiger partial charge in [0.15, 0.2) is 0 Å². The molecule has 8 heteroatoms. The molecule has 3 N–H and O–H groups in total. The molecule has 7 nitrogen and oxygen atoms in total. The van der Waals surface area contributed by atoms with Crippen LogP contribution in [0.5, 0.6) is 0 Å². The van der Waals surface area contributed by atoms with Gasteiger partial charge in [0, 0.05) is 18.7 Å². The number of aliphatic hydroxyl groups excluding tert-OH is 1. The van der Waals surface area contributed by atoms with Crippen molar-refractivity contribution in [3.8, 4) is 0 Å². The molecule has 1 aliphatic rings. The number of nitrogens with one attached hydrogen (secondary N) is 1. The minimum absolute atomic E-state index is 0.0559. The molecule has 0 spiro atoms. The van der Waals surface area contributed by atoms with Crippen LogP contribution in [0.25, 0.3) is 0 Å². The van der Waals surface area contributed by atoms with Gasteiger partial charge >= 0.3 is 5.97 Å². The molecule has 2 rings (SSSR count). The van der Waals surface area contributed by atoms with Gasteiger partial charge in [0.05, 0.1) is 27.3 Å². The van der Waals surface area contributed by atoms with Crippen LogP contribution in [0.15, 0.2) is 12.1 Å². The summed E-state index contributed by atoms with van der Waals surface area (Å²) in [5, 5.41) is 32.3. The van der Waals surface area contributed by atoms with Crippen molar-refractivity contribution in [1.29, 1.82) is 0 Å². The Morgan fingerprint density at radius 2 is 2.20 bits per heavy atom. The van der Waals surface area contributed by atoms with Crippen molar-refractivity contribution < 1.29 is 19.9 Å². The lowest BCUT2D eigenvalue weighted by Gasteiger charge is -2.14. The molecule has 1 aromatic rings. The average Bonchev–Trinajstić information content (AvgIpc) is 3.19. The van der Waals surface area contributed by atoms with Crippen LogP contribution in [0.4, 0.5) is 11.4 Å². The van der Waals surface area contributed by atoms with Gasteiger partial charge in [0.2, 0.25) is 0 Å². The zero-order chi connectivity index (χ0) is 14.9. The number of benzene rings is 1. The third kappa shape index (κ3) is 3.17. The fourth-order valence-electron chi connectivity index (χ4n) is 1.90. The number of carboxylic acid groups (broad SMARTS) is 1. The van der Waals surface area contributed by atoms with E-state index in [1.165, 1.54) is 0 Å². The minimum atomic E-state index is -1.32. The van der Waals surface area contributed by atoms with Crippen LogP contribution in [0, 0.1) is 16.0 Å². The Balaban J connectivity index is 2.25. The number of carbonyl (C=O) groups is 1. The topological polar surface area (TPSA) is 113 Å². The number of hydrogen-bond donors (Lipinski definition) is 3. The number of halogens is 1. The van der Waals surface area contributed by atoms with E-state index in [9.17, 15) is 20.0 Å². The van der Waals surface area contributed by atoms with Gasteiger partial charge in [0.1, 0.15) is 0 Å². The number of nitro groups is 1. The largest absolute Gasteiger partial charge is 0.478 e. The van der Waals surface area contributed by atoms with E-state index in [4.69, 9.17) is 16.7 Å². The molecule has 0 aliphatic heterocycles. The summed E-state index contributed by atoms with van der Waals surface area (Å²) in [6, 6.07) is 2.03. The maximum atomic E-state index is 11.2. The van der Waals surface area contributed by atoms with Gasteiger partial charge < -0.3 is 15.5 Å². The molecular weight excluding hydrogens is 288 g/mol. The smallest absolute Gasteiger partial charge is 0.338 e. The number of aromatic carboxylic acids is 1. The molecule has 0 heterocycles. The monoisotopic (exact) mass is 300 g/mol. The number of nitrogens with zero attached hydrogens (tertiary/aromatic N) is 1. The normalized spacial score (nSPS) is 15.7. The molecule has 1 aliphatic carbocycles. The summed E-state index contributed by atoms with van der Waals surface area (Å²) in [5.74, 6) is -1.09. The fourth-order valence-corrected chi connectivity index (χ4v) is 2.18. The molecule has 1 atom stereocenters. The molecule has 0 radical (unpaired) electrons. The second-order valence-corrected chi connectivity index (χ2v) is 5.11. The fraction of sp³-hybridized carbons (Fsp3) is 0.417. The van der Waals surface area contributed by atoms with E-state index >= 15 is 0 Å². The summed E-state index contributed by atoms with van der Waals surface area (Å²) >= 11 is 5.89. The van der Waals surface area contributed by atoms with E-state index in [1.54, 1.807) is 0 Å². The highest BCUT2D eigenvalue weighted by Gasteiger charge is 2.30. The van der Waals surface area contributed by atoms with Crippen molar-refractivity contribution in [3.63, 3.8) is 0 Å². The zero-order valence-electron chi connectivity index (χ0n) is 10.4. The lowest BCUT2D eigenvalue weighted by Crippen LogP contribution is -2.22. The van der Waals surface area contributed by atoms with Crippen molar-refractivity contribution in [3.05, 3.63) is 32.8 Å². The quantitative estimate of drug-likeness (QED) is 0.548. The summed E-state index contributed by atoms with van der Waals surface area (Å²) in [5.41, 5.74) is -0.586. The summed E-state index contributed by atoms with van der Waals surface area (Å²) in [6.07, 6.45) is 1.31. The van der Waals surface area contributed by atoms with Crippen LogP contribution in [0.1, 0.15) is 23.2 Å². The van der Waals surface area contributed by atoms with Gasteiger partial charge in [-0.25, -0.2) is 4.79 Å². The molecular formula is C12H13ClN2O5. The standard InChI is InChI=1S/C12H13ClN2O5/c13-9-4-7(15(19)20)3-8(12(17)18)11(9)14-5-10(16)6-1-2-6/h3-4,6,10,14,16H,1-2,5H2,(H,17,18). The van der Waals surface area contributed by atoms with Crippen molar-refractivity contribution in [2.45, 2.75) is 18.9 Å². The number of nitro benzene ring substituents is 1. The van der Waals surface area contributed by atoms with Crippen molar-refractivity contribution in [2.75, 3.05) is 11.9 Å². The molecule has 0 bridgehead atoms. The van der Waals surface area contributed by atoms with Gasteiger partial charge in [-0.05, 0) is 18.8 Å². The number of rotatable bonds is 6. The van der Waals surface area contributed by atoms with E-state index in [1.807, 2.05) is 0 Å². The molecule has 0 aromatic heterocycles. The highest BCUT2D eigenvalue weighted by Crippen LogP contribution is 2.34. The van der Waals surface area contributed by atoms with Crippen LogP contribution in [0.3, 0.4) is 0 Å². The summed E-state index contributed by atoms with van der Waals surface area (Å²) < 4.78 is 0. The van der Waals surface area contributed by atoms with Crippen LogP contribution in [0.2, 0.25) is 5.02 Å². The first-order chi connectivity index (χ1) is 9.40. The van der Waals surface area contributed by atoms with Crippen LogP contribution in [-0.2, 0) is 0 Å². The predicted molar refractivity (Wildman–Crippen MR) is 72.3 cm³/mol. The molecule has 108 valence electrons. The molecule has 0 amide bonds. The summed E-state index contributed by atoms with van der Waals surface area (Å²) in [6.45, 7) is 0.155. The first kappa shape index (κ1) is 14.5. The van der Waals surface area contributed by atoms with Crippen molar-refractivity contribution >= 4 is 28.9 Å². The van der Waals surface area contributed by atoms with E-state index in [2.05, 4.69) is 5.32 Å². The Morgan fingerprint density at radius 1 is 1.55 bits per heavy atom. The number of hydrogen-bond acceptors (Lipinski definition) is 5. The van der Waals surface area contributed by atoms with Gasteiger partial charge in [-0.15, -0.1) is 0 Å². The second-order valence-electron chi connectivity index (χ2n) is 4.70. The van der Waals surface area contributed by atoms with Gasteiger partial charge in [0.25, 0.3) is 5.69 Å². The predicted octanol–water partition coefficient (Wildman–Crippen LogP) is 2.13. The second kappa shape index (κ2) is 5.64. The zero-order valence-corrected chi connectivity index (χ0v) is 11.1.